The van der Waals surface area contributed by atoms with Gasteiger partial charge in [0.25, 0.3) is 0 Å². The quantitative estimate of drug-likeness (QED) is 0.481. The lowest BCUT2D eigenvalue weighted by Crippen LogP contribution is -2.14. The van der Waals surface area contributed by atoms with Crippen LogP contribution in [0.2, 0.25) is 0 Å². The lowest BCUT2D eigenvalue weighted by Gasteiger charge is -2.29. The standard InChI is InChI=1S/C29H38/c1-4-23-7-11-24(12-8-23)22(3)25-13-15-27(16-14-25)29-19-17-28(18-20-29)26-9-5-21(2)6-10-26/h13-21,23-24,26H,3-12H2,1-2H3. The molecule has 0 amide bonds. The van der Waals surface area contributed by atoms with Gasteiger partial charge in [0, 0.05) is 0 Å². The maximum Gasteiger partial charge on any atom is -0.0162 e. The van der Waals surface area contributed by atoms with E-state index in [0.717, 1.165) is 17.8 Å². The average Bonchev–Trinajstić information content (AvgIpc) is 2.79. The summed E-state index contributed by atoms with van der Waals surface area (Å²) in [6.45, 7) is 9.20. The molecule has 0 bridgehead atoms. The van der Waals surface area contributed by atoms with Gasteiger partial charge in [0.2, 0.25) is 0 Å². The summed E-state index contributed by atoms with van der Waals surface area (Å²) in [5.41, 5.74) is 6.88. The fourth-order valence-corrected chi connectivity index (χ4v) is 5.57. The minimum absolute atomic E-state index is 0.682. The Morgan fingerprint density at radius 1 is 0.759 bits per heavy atom. The van der Waals surface area contributed by atoms with Crippen molar-refractivity contribution < 1.29 is 0 Å². The van der Waals surface area contributed by atoms with Gasteiger partial charge in [-0.3, -0.25) is 0 Å². The Labute approximate surface area is 178 Å². The van der Waals surface area contributed by atoms with Gasteiger partial charge in [0.15, 0.2) is 0 Å². The van der Waals surface area contributed by atoms with E-state index in [1.165, 1.54) is 85.6 Å². The normalized spacial score (nSPS) is 27.5. The van der Waals surface area contributed by atoms with E-state index in [-0.39, 0.29) is 0 Å². The van der Waals surface area contributed by atoms with E-state index < -0.39 is 0 Å². The number of allylic oxidation sites excluding steroid dienone is 1. The van der Waals surface area contributed by atoms with Crippen LogP contribution in [0.3, 0.4) is 0 Å². The Morgan fingerprint density at radius 2 is 1.31 bits per heavy atom. The predicted octanol–water partition coefficient (Wildman–Crippen LogP) is 8.88. The zero-order valence-electron chi connectivity index (χ0n) is 18.5. The van der Waals surface area contributed by atoms with Crippen LogP contribution < -0.4 is 0 Å². The van der Waals surface area contributed by atoms with Crippen LogP contribution in [-0.2, 0) is 0 Å². The summed E-state index contributed by atoms with van der Waals surface area (Å²) in [5.74, 6) is 3.32. The van der Waals surface area contributed by atoms with Crippen molar-refractivity contribution >= 4 is 5.57 Å². The third kappa shape index (κ3) is 4.85. The van der Waals surface area contributed by atoms with Gasteiger partial charge in [-0.05, 0) is 90.0 Å². The van der Waals surface area contributed by atoms with E-state index in [1.54, 1.807) is 0 Å². The fourth-order valence-electron chi connectivity index (χ4n) is 5.57. The van der Waals surface area contributed by atoms with Crippen molar-refractivity contribution in [3.8, 4) is 11.1 Å². The van der Waals surface area contributed by atoms with Gasteiger partial charge in [-0.15, -0.1) is 0 Å². The molecule has 0 heterocycles. The lowest BCUT2D eigenvalue weighted by atomic mass is 9.76. The average molecular weight is 387 g/mol. The van der Waals surface area contributed by atoms with Gasteiger partial charge in [0.05, 0.1) is 0 Å². The first-order valence-electron chi connectivity index (χ1n) is 12.0. The Bertz CT molecular complexity index is 779. The summed E-state index contributed by atoms with van der Waals surface area (Å²) in [7, 11) is 0. The Morgan fingerprint density at radius 3 is 1.86 bits per heavy atom. The summed E-state index contributed by atoms with van der Waals surface area (Å²) < 4.78 is 0. The molecule has 0 aliphatic heterocycles. The highest BCUT2D eigenvalue weighted by Gasteiger charge is 2.23. The van der Waals surface area contributed by atoms with Gasteiger partial charge in [-0.1, -0.05) is 88.2 Å². The molecule has 29 heavy (non-hydrogen) atoms. The molecule has 0 radical (unpaired) electrons. The molecular weight excluding hydrogens is 348 g/mol. The molecule has 2 aliphatic rings. The fraction of sp³-hybridized carbons (Fsp3) is 0.517. The molecule has 0 N–H and O–H groups in total. The van der Waals surface area contributed by atoms with Gasteiger partial charge < -0.3 is 0 Å². The van der Waals surface area contributed by atoms with Crippen LogP contribution in [-0.4, -0.2) is 0 Å². The topological polar surface area (TPSA) is 0 Å². The van der Waals surface area contributed by atoms with E-state index in [0.29, 0.717) is 5.92 Å². The first-order valence-corrected chi connectivity index (χ1v) is 12.0. The number of benzene rings is 2. The minimum Gasteiger partial charge on any atom is -0.0950 e. The van der Waals surface area contributed by atoms with Crippen molar-refractivity contribution in [1.82, 2.24) is 0 Å². The maximum absolute atomic E-state index is 4.47. The first-order chi connectivity index (χ1) is 14.1. The van der Waals surface area contributed by atoms with Gasteiger partial charge in [-0.2, -0.15) is 0 Å². The first kappa shape index (κ1) is 20.5. The van der Waals surface area contributed by atoms with E-state index >= 15 is 0 Å². The maximum atomic E-state index is 4.47. The number of hydrogen-bond acceptors (Lipinski definition) is 0. The smallest absolute Gasteiger partial charge is 0.0162 e. The summed E-state index contributed by atoms with van der Waals surface area (Å²) in [6.07, 6.45) is 12.2. The highest BCUT2D eigenvalue weighted by Crippen LogP contribution is 2.39. The third-order valence-corrected chi connectivity index (χ3v) is 7.90. The zero-order valence-corrected chi connectivity index (χ0v) is 18.5. The molecule has 4 rings (SSSR count). The predicted molar refractivity (Wildman–Crippen MR) is 127 cm³/mol. The summed E-state index contributed by atoms with van der Waals surface area (Å²) in [5, 5.41) is 0. The molecule has 2 aromatic carbocycles. The lowest BCUT2D eigenvalue weighted by molar-refractivity contribution is 0.309. The van der Waals surface area contributed by atoms with E-state index in [9.17, 15) is 0 Å². The van der Waals surface area contributed by atoms with E-state index in [1.807, 2.05) is 0 Å². The van der Waals surface area contributed by atoms with Crippen molar-refractivity contribution in [2.75, 3.05) is 0 Å². The molecule has 2 fully saturated rings. The molecule has 2 aromatic rings. The van der Waals surface area contributed by atoms with Crippen LogP contribution >= 0.6 is 0 Å². The molecule has 2 aliphatic carbocycles. The van der Waals surface area contributed by atoms with Crippen LogP contribution in [0, 0.1) is 17.8 Å². The molecule has 0 atom stereocenters. The second-order valence-corrected chi connectivity index (χ2v) is 9.81. The van der Waals surface area contributed by atoms with Crippen molar-refractivity contribution in [2.24, 2.45) is 17.8 Å². The van der Waals surface area contributed by atoms with Gasteiger partial charge >= 0.3 is 0 Å². The van der Waals surface area contributed by atoms with E-state index in [4.69, 9.17) is 0 Å². The summed E-state index contributed by atoms with van der Waals surface area (Å²) >= 11 is 0. The Kier molecular flexibility index (Phi) is 6.58. The molecule has 0 heteroatoms. The van der Waals surface area contributed by atoms with Crippen molar-refractivity contribution in [3.05, 3.63) is 66.2 Å². The second kappa shape index (κ2) is 9.33. The molecule has 0 saturated heterocycles. The molecular formula is C29H38. The summed E-state index contributed by atoms with van der Waals surface area (Å²) in [6, 6.07) is 18.5. The van der Waals surface area contributed by atoms with Crippen LogP contribution in [0.5, 0.6) is 0 Å². The van der Waals surface area contributed by atoms with Crippen molar-refractivity contribution in [3.63, 3.8) is 0 Å². The van der Waals surface area contributed by atoms with Gasteiger partial charge in [-0.25, -0.2) is 0 Å². The summed E-state index contributed by atoms with van der Waals surface area (Å²) in [4.78, 5) is 0. The SMILES string of the molecule is C=C(c1ccc(-c2ccc(C3CCC(C)CC3)cc2)cc1)C1CCC(CC)CC1. The Balaban J connectivity index is 1.39. The van der Waals surface area contributed by atoms with E-state index in [2.05, 4.69) is 69.0 Å². The third-order valence-electron chi connectivity index (χ3n) is 7.90. The molecule has 0 aromatic heterocycles. The van der Waals surface area contributed by atoms with Gasteiger partial charge in [0.1, 0.15) is 0 Å². The number of rotatable bonds is 5. The highest BCUT2D eigenvalue weighted by atomic mass is 14.3. The molecule has 0 nitrogen and oxygen atoms in total. The minimum atomic E-state index is 0.682. The molecule has 2 saturated carbocycles. The monoisotopic (exact) mass is 386 g/mol. The molecule has 154 valence electrons. The molecule has 0 unspecified atom stereocenters. The van der Waals surface area contributed by atoms with Crippen molar-refractivity contribution in [2.45, 2.75) is 77.6 Å². The number of hydrogen-bond donors (Lipinski definition) is 0. The van der Waals surface area contributed by atoms with Crippen LogP contribution in [0.15, 0.2) is 55.1 Å². The largest absolute Gasteiger partial charge is 0.0950 e. The highest BCUT2D eigenvalue weighted by molar-refractivity contribution is 5.70. The van der Waals surface area contributed by atoms with Crippen LogP contribution in [0.1, 0.15) is 88.7 Å². The zero-order chi connectivity index (χ0) is 20.2. The Hall–Kier alpha value is -1.82. The van der Waals surface area contributed by atoms with Crippen LogP contribution in [0.4, 0.5) is 0 Å². The van der Waals surface area contributed by atoms with Crippen molar-refractivity contribution in [1.29, 1.82) is 0 Å². The molecule has 0 spiro atoms. The van der Waals surface area contributed by atoms with Crippen LogP contribution in [0.25, 0.3) is 16.7 Å². The second-order valence-electron chi connectivity index (χ2n) is 9.81.